The van der Waals surface area contributed by atoms with Crippen LogP contribution >= 0.6 is 0 Å². The predicted molar refractivity (Wildman–Crippen MR) is 79.5 cm³/mol. The summed E-state index contributed by atoms with van der Waals surface area (Å²) in [5, 5.41) is 2.77. The van der Waals surface area contributed by atoms with Gasteiger partial charge in [-0.05, 0) is 25.0 Å². The molecule has 1 amide bonds. The normalized spacial score (nSPS) is 18.6. The molecule has 1 atom stereocenters. The number of ether oxygens (including phenoxy) is 1. The third-order valence-electron chi connectivity index (χ3n) is 3.67. The molecule has 114 valence electrons. The lowest BCUT2D eigenvalue weighted by Crippen LogP contribution is -2.62. The fraction of sp³-hybridized carbons (Fsp3) is 0.500. The van der Waals surface area contributed by atoms with Crippen molar-refractivity contribution >= 4 is 11.9 Å². The second-order valence-electron chi connectivity index (χ2n) is 5.47. The van der Waals surface area contributed by atoms with E-state index in [0.29, 0.717) is 5.56 Å². The van der Waals surface area contributed by atoms with Gasteiger partial charge in [-0.1, -0.05) is 24.6 Å². The highest BCUT2D eigenvalue weighted by Gasteiger charge is 2.37. The lowest BCUT2D eigenvalue weighted by molar-refractivity contribution is -0.152. The molecule has 0 bridgehead atoms. The summed E-state index contributed by atoms with van der Waals surface area (Å²) in [6, 6.07) is 8.81. The number of rotatable bonds is 4. The SMILES string of the molecule is CC(=O)NC(C)(OC(=O)c1ccccc1)N1CCCCC1. The number of likely N-dealkylation sites (tertiary alicyclic amines) is 1. The number of hydrogen-bond acceptors (Lipinski definition) is 4. The molecule has 0 aliphatic carbocycles. The Bertz CT molecular complexity index is 498. The van der Waals surface area contributed by atoms with Crippen LogP contribution in [0, 0.1) is 0 Å². The van der Waals surface area contributed by atoms with Crippen LogP contribution < -0.4 is 5.32 Å². The van der Waals surface area contributed by atoms with Crippen LogP contribution in [0.3, 0.4) is 0 Å². The van der Waals surface area contributed by atoms with Gasteiger partial charge in [-0.15, -0.1) is 0 Å². The first kappa shape index (κ1) is 15.5. The maximum atomic E-state index is 12.3. The van der Waals surface area contributed by atoms with E-state index in [1.54, 1.807) is 31.2 Å². The summed E-state index contributed by atoms with van der Waals surface area (Å²) in [6.45, 7) is 4.77. The molecule has 1 N–H and O–H groups in total. The highest BCUT2D eigenvalue weighted by atomic mass is 16.6. The fourth-order valence-corrected chi connectivity index (χ4v) is 2.63. The number of carbonyl (C=O) groups is 2. The number of benzene rings is 1. The number of amides is 1. The highest BCUT2D eigenvalue weighted by Crippen LogP contribution is 2.21. The third-order valence-corrected chi connectivity index (χ3v) is 3.67. The molecular weight excluding hydrogens is 268 g/mol. The smallest absolute Gasteiger partial charge is 0.341 e. The molecule has 0 spiro atoms. The molecule has 0 aromatic heterocycles. The first-order valence-corrected chi connectivity index (χ1v) is 7.33. The number of nitrogens with zero attached hydrogens (tertiary/aromatic N) is 1. The Morgan fingerprint density at radius 2 is 1.76 bits per heavy atom. The minimum atomic E-state index is -1.10. The molecule has 1 aromatic rings. The standard InChI is InChI=1S/C16H22N2O3/c1-13(19)17-16(2,18-11-7-4-8-12-18)21-15(20)14-9-5-3-6-10-14/h3,5-6,9-10H,4,7-8,11-12H2,1-2H3,(H,17,19). The van der Waals surface area contributed by atoms with Crippen LogP contribution in [0.25, 0.3) is 0 Å². The molecule has 1 aromatic carbocycles. The van der Waals surface area contributed by atoms with Crippen molar-refractivity contribution in [3.05, 3.63) is 35.9 Å². The van der Waals surface area contributed by atoms with E-state index in [0.717, 1.165) is 25.9 Å². The molecule has 1 aliphatic heterocycles. The van der Waals surface area contributed by atoms with Crippen molar-refractivity contribution in [3.63, 3.8) is 0 Å². The first-order chi connectivity index (χ1) is 10.0. The van der Waals surface area contributed by atoms with E-state index in [2.05, 4.69) is 5.32 Å². The molecule has 1 heterocycles. The van der Waals surface area contributed by atoms with E-state index in [-0.39, 0.29) is 5.91 Å². The number of esters is 1. The molecule has 5 nitrogen and oxygen atoms in total. The predicted octanol–water partition coefficient (Wildman–Crippen LogP) is 2.14. The Balaban J connectivity index is 2.15. The van der Waals surface area contributed by atoms with Crippen molar-refractivity contribution in [2.75, 3.05) is 13.1 Å². The minimum absolute atomic E-state index is 0.219. The monoisotopic (exact) mass is 290 g/mol. The zero-order valence-electron chi connectivity index (χ0n) is 12.6. The number of carbonyl (C=O) groups excluding carboxylic acids is 2. The quantitative estimate of drug-likeness (QED) is 0.682. The molecule has 1 fully saturated rings. The van der Waals surface area contributed by atoms with E-state index in [9.17, 15) is 9.59 Å². The van der Waals surface area contributed by atoms with Crippen molar-refractivity contribution in [1.29, 1.82) is 0 Å². The summed E-state index contributed by atoms with van der Waals surface area (Å²) in [4.78, 5) is 25.8. The molecule has 0 saturated carbocycles. The van der Waals surface area contributed by atoms with Crippen LogP contribution in [0.15, 0.2) is 30.3 Å². The minimum Gasteiger partial charge on any atom is -0.422 e. The Morgan fingerprint density at radius 3 is 2.33 bits per heavy atom. The lowest BCUT2D eigenvalue weighted by Gasteiger charge is -2.42. The van der Waals surface area contributed by atoms with Crippen molar-refractivity contribution in [2.24, 2.45) is 0 Å². The number of hydrogen-bond donors (Lipinski definition) is 1. The van der Waals surface area contributed by atoms with Gasteiger partial charge in [0.25, 0.3) is 0 Å². The summed E-state index contributed by atoms with van der Waals surface area (Å²) in [5.41, 5.74) is 0.478. The van der Waals surface area contributed by atoms with Gasteiger partial charge >= 0.3 is 5.97 Å². The van der Waals surface area contributed by atoms with E-state index in [1.165, 1.54) is 13.3 Å². The van der Waals surface area contributed by atoms with Gasteiger partial charge in [0.05, 0.1) is 5.56 Å². The maximum absolute atomic E-state index is 12.3. The Kier molecular flexibility index (Phi) is 4.96. The van der Waals surface area contributed by atoms with Crippen LogP contribution in [0.5, 0.6) is 0 Å². The van der Waals surface area contributed by atoms with Crippen LogP contribution in [0.1, 0.15) is 43.5 Å². The molecule has 0 radical (unpaired) electrons. The fourth-order valence-electron chi connectivity index (χ4n) is 2.63. The molecule has 5 heteroatoms. The van der Waals surface area contributed by atoms with Gasteiger partial charge in [0.1, 0.15) is 0 Å². The van der Waals surface area contributed by atoms with Gasteiger partial charge in [-0.2, -0.15) is 0 Å². The summed E-state index contributed by atoms with van der Waals surface area (Å²) < 4.78 is 5.63. The average Bonchev–Trinajstić information content (AvgIpc) is 2.48. The number of piperidine rings is 1. The average molecular weight is 290 g/mol. The van der Waals surface area contributed by atoms with E-state index >= 15 is 0 Å². The van der Waals surface area contributed by atoms with Crippen LogP contribution in [0.2, 0.25) is 0 Å². The molecule has 21 heavy (non-hydrogen) atoms. The summed E-state index contributed by atoms with van der Waals surface area (Å²) in [6.07, 6.45) is 3.25. The van der Waals surface area contributed by atoms with E-state index in [1.807, 2.05) is 11.0 Å². The van der Waals surface area contributed by atoms with Crippen molar-refractivity contribution in [2.45, 2.75) is 39.0 Å². The van der Waals surface area contributed by atoms with Gasteiger partial charge in [0.15, 0.2) is 0 Å². The van der Waals surface area contributed by atoms with Crippen molar-refractivity contribution in [1.82, 2.24) is 10.2 Å². The topological polar surface area (TPSA) is 58.6 Å². The van der Waals surface area contributed by atoms with Gasteiger partial charge < -0.3 is 10.1 Å². The third kappa shape index (κ3) is 4.04. The van der Waals surface area contributed by atoms with Crippen molar-refractivity contribution in [3.8, 4) is 0 Å². The summed E-state index contributed by atoms with van der Waals surface area (Å²) >= 11 is 0. The van der Waals surface area contributed by atoms with Gasteiger partial charge in [-0.25, -0.2) is 9.69 Å². The first-order valence-electron chi connectivity index (χ1n) is 7.33. The summed E-state index contributed by atoms with van der Waals surface area (Å²) in [7, 11) is 0. The highest BCUT2D eigenvalue weighted by molar-refractivity contribution is 5.89. The molecule has 1 saturated heterocycles. The summed E-state index contributed by atoms with van der Waals surface area (Å²) in [5.74, 6) is -1.75. The van der Waals surface area contributed by atoms with E-state index < -0.39 is 11.8 Å². The molecule has 1 unspecified atom stereocenters. The molecule has 2 rings (SSSR count). The Morgan fingerprint density at radius 1 is 1.14 bits per heavy atom. The van der Waals surface area contributed by atoms with Gasteiger partial charge in [-0.3, -0.25) is 4.79 Å². The van der Waals surface area contributed by atoms with Crippen LogP contribution in [-0.2, 0) is 9.53 Å². The second kappa shape index (κ2) is 6.72. The Labute approximate surface area is 125 Å². The second-order valence-corrected chi connectivity index (χ2v) is 5.47. The van der Waals surface area contributed by atoms with Crippen molar-refractivity contribution < 1.29 is 14.3 Å². The number of nitrogens with one attached hydrogen (secondary N) is 1. The zero-order chi connectivity index (χ0) is 15.3. The van der Waals surface area contributed by atoms with Crippen LogP contribution in [-0.4, -0.2) is 35.7 Å². The molecular formula is C16H22N2O3. The van der Waals surface area contributed by atoms with Gasteiger partial charge in [0.2, 0.25) is 11.8 Å². The van der Waals surface area contributed by atoms with E-state index in [4.69, 9.17) is 4.74 Å². The molecule has 1 aliphatic rings. The zero-order valence-corrected chi connectivity index (χ0v) is 12.6. The largest absolute Gasteiger partial charge is 0.422 e. The lowest BCUT2D eigenvalue weighted by atomic mass is 10.1. The van der Waals surface area contributed by atoms with Crippen LogP contribution in [0.4, 0.5) is 0 Å². The Hall–Kier alpha value is -1.88. The maximum Gasteiger partial charge on any atom is 0.341 e. The van der Waals surface area contributed by atoms with Gasteiger partial charge in [0, 0.05) is 26.9 Å².